The average molecular weight is 383 g/mol. The number of rotatable bonds is 5. The van der Waals surface area contributed by atoms with Gasteiger partial charge in [0.05, 0.1) is 17.1 Å². The molecule has 1 aromatic heterocycles. The number of halogens is 1. The van der Waals surface area contributed by atoms with Gasteiger partial charge >= 0.3 is 5.97 Å². The van der Waals surface area contributed by atoms with Crippen molar-refractivity contribution in [1.29, 1.82) is 0 Å². The molecule has 0 aliphatic heterocycles. The summed E-state index contributed by atoms with van der Waals surface area (Å²) in [7, 11) is 0. The Hall–Kier alpha value is -2.92. The van der Waals surface area contributed by atoms with E-state index in [2.05, 4.69) is 10.3 Å². The van der Waals surface area contributed by atoms with Gasteiger partial charge in [0.15, 0.2) is 6.10 Å². The Labute approximate surface area is 162 Å². The third-order valence-electron chi connectivity index (χ3n) is 4.20. The number of carbonyl (C=O) groups excluding carboxylic acids is 2. The summed E-state index contributed by atoms with van der Waals surface area (Å²) in [5, 5.41) is 4.00. The first-order chi connectivity index (χ1) is 12.9. The quantitative estimate of drug-likeness (QED) is 0.527. The molecule has 0 fully saturated rings. The normalized spacial score (nSPS) is 13.0. The van der Waals surface area contributed by atoms with Gasteiger partial charge in [-0.15, -0.1) is 0 Å². The smallest absolute Gasteiger partial charge is 0.338 e. The van der Waals surface area contributed by atoms with Crippen molar-refractivity contribution in [3.8, 4) is 0 Å². The van der Waals surface area contributed by atoms with Crippen molar-refractivity contribution < 1.29 is 14.3 Å². The highest BCUT2D eigenvalue weighted by Crippen LogP contribution is 2.18. The Balaban J connectivity index is 1.64. The van der Waals surface area contributed by atoms with Crippen LogP contribution in [0.25, 0.3) is 10.9 Å². The molecule has 1 heterocycles. The van der Waals surface area contributed by atoms with Crippen LogP contribution in [-0.4, -0.2) is 23.0 Å². The van der Waals surface area contributed by atoms with Gasteiger partial charge in [0.1, 0.15) is 5.15 Å². The van der Waals surface area contributed by atoms with Gasteiger partial charge < -0.3 is 10.1 Å². The fourth-order valence-corrected chi connectivity index (χ4v) is 2.82. The molecule has 2 atom stereocenters. The Morgan fingerprint density at radius 3 is 2.52 bits per heavy atom. The molecule has 0 bridgehead atoms. The number of benzene rings is 2. The van der Waals surface area contributed by atoms with E-state index in [0.717, 1.165) is 10.9 Å². The number of hydrogen-bond donors (Lipinski definition) is 1. The number of nitrogens with zero attached hydrogens (tertiary/aromatic N) is 1. The molecule has 2 unspecified atom stereocenters. The topological polar surface area (TPSA) is 68.3 Å². The molecule has 138 valence electrons. The highest BCUT2D eigenvalue weighted by atomic mass is 35.5. The first-order valence-corrected chi connectivity index (χ1v) is 8.94. The van der Waals surface area contributed by atoms with Crippen LogP contribution in [0.5, 0.6) is 0 Å². The lowest BCUT2D eigenvalue weighted by atomic mass is 10.1. The predicted molar refractivity (Wildman–Crippen MR) is 105 cm³/mol. The van der Waals surface area contributed by atoms with Crippen LogP contribution in [0.3, 0.4) is 0 Å². The van der Waals surface area contributed by atoms with Crippen molar-refractivity contribution >= 4 is 34.4 Å². The van der Waals surface area contributed by atoms with Gasteiger partial charge in [-0.2, -0.15) is 0 Å². The second-order valence-corrected chi connectivity index (χ2v) is 6.62. The number of fused-ring (bicyclic) bond motifs is 1. The summed E-state index contributed by atoms with van der Waals surface area (Å²) < 4.78 is 5.31. The predicted octanol–water partition coefficient (Wildman–Crippen LogP) is 4.31. The largest absolute Gasteiger partial charge is 0.449 e. The number of pyridine rings is 1. The van der Waals surface area contributed by atoms with Crippen molar-refractivity contribution in [2.24, 2.45) is 0 Å². The van der Waals surface area contributed by atoms with Gasteiger partial charge in [-0.25, -0.2) is 9.78 Å². The minimum absolute atomic E-state index is 0.184. The summed E-state index contributed by atoms with van der Waals surface area (Å²) in [6.45, 7) is 3.43. The molecule has 1 amide bonds. The number of esters is 1. The zero-order valence-corrected chi connectivity index (χ0v) is 15.7. The van der Waals surface area contributed by atoms with Crippen molar-refractivity contribution in [1.82, 2.24) is 10.3 Å². The molecular formula is C21H19ClN2O3. The fourth-order valence-electron chi connectivity index (χ4n) is 2.67. The number of amides is 1. The molecule has 27 heavy (non-hydrogen) atoms. The summed E-state index contributed by atoms with van der Waals surface area (Å²) in [4.78, 5) is 28.9. The van der Waals surface area contributed by atoms with E-state index >= 15 is 0 Å². The van der Waals surface area contributed by atoms with Crippen LogP contribution in [0.4, 0.5) is 0 Å². The second kappa shape index (κ2) is 8.18. The van der Waals surface area contributed by atoms with Crippen molar-refractivity contribution in [3.05, 3.63) is 76.9 Å². The van der Waals surface area contributed by atoms with Crippen LogP contribution < -0.4 is 5.32 Å². The number of carbonyl (C=O) groups is 2. The molecule has 0 aliphatic rings. The molecule has 2 aromatic carbocycles. The average Bonchev–Trinajstić information content (AvgIpc) is 2.68. The minimum Gasteiger partial charge on any atom is -0.449 e. The first kappa shape index (κ1) is 18.9. The SMILES string of the molecule is CC(OC(=O)c1ccc2nc(Cl)ccc2c1)C(=O)NC(C)c1ccccc1. The number of aromatic nitrogens is 1. The van der Waals surface area contributed by atoms with E-state index < -0.39 is 12.1 Å². The van der Waals surface area contributed by atoms with E-state index in [1.54, 1.807) is 37.3 Å². The van der Waals surface area contributed by atoms with Gasteiger partial charge in [-0.3, -0.25) is 4.79 Å². The van der Waals surface area contributed by atoms with Crippen LogP contribution in [-0.2, 0) is 9.53 Å². The molecule has 0 spiro atoms. The van der Waals surface area contributed by atoms with Crippen LogP contribution >= 0.6 is 11.6 Å². The molecule has 3 rings (SSSR count). The van der Waals surface area contributed by atoms with Crippen LogP contribution in [0.2, 0.25) is 5.15 Å². The summed E-state index contributed by atoms with van der Waals surface area (Å²) >= 11 is 5.86. The summed E-state index contributed by atoms with van der Waals surface area (Å²) in [5.74, 6) is -0.921. The number of nitrogens with one attached hydrogen (secondary N) is 1. The van der Waals surface area contributed by atoms with Gasteiger partial charge in [0, 0.05) is 5.39 Å². The van der Waals surface area contributed by atoms with E-state index in [4.69, 9.17) is 16.3 Å². The van der Waals surface area contributed by atoms with Crippen molar-refractivity contribution in [2.75, 3.05) is 0 Å². The maximum Gasteiger partial charge on any atom is 0.338 e. The maximum atomic E-state index is 12.4. The Kier molecular flexibility index (Phi) is 5.72. The minimum atomic E-state index is -0.914. The number of hydrogen-bond acceptors (Lipinski definition) is 4. The molecule has 0 aliphatic carbocycles. The molecule has 3 aromatic rings. The fraction of sp³-hybridized carbons (Fsp3) is 0.190. The van der Waals surface area contributed by atoms with Crippen LogP contribution in [0, 0.1) is 0 Å². The number of ether oxygens (including phenoxy) is 1. The van der Waals surface area contributed by atoms with E-state index in [9.17, 15) is 9.59 Å². The van der Waals surface area contributed by atoms with E-state index in [-0.39, 0.29) is 11.9 Å². The zero-order valence-electron chi connectivity index (χ0n) is 15.0. The highest BCUT2D eigenvalue weighted by Gasteiger charge is 2.21. The zero-order chi connectivity index (χ0) is 19.4. The molecule has 0 saturated heterocycles. The van der Waals surface area contributed by atoms with Crippen LogP contribution in [0.15, 0.2) is 60.7 Å². The monoisotopic (exact) mass is 382 g/mol. The van der Waals surface area contributed by atoms with Gasteiger partial charge in [0.25, 0.3) is 5.91 Å². The summed E-state index contributed by atoms with van der Waals surface area (Å²) in [5.41, 5.74) is 2.01. The molecule has 0 radical (unpaired) electrons. The summed E-state index contributed by atoms with van der Waals surface area (Å²) in [6.07, 6.45) is -0.914. The van der Waals surface area contributed by atoms with Gasteiger partial charge in [-0.05, 0) is 49.7 Å². The summed E-state index contributed by atoms with van der Waals surface area (Å²) in [6, 6.07) is 17.8. The Morgan fingerprint density at radius 1 is 1.04 bits per heavy atom. The molecule has 0 saturated carbocycles. The van der Waals surface area contributed by atoms with Gasteiger partial charge in [0.2, 0.25) is 0 Å². The third kappa shape index (κ3) is 4.63. The van der Waals surface area contributed by atoms with E-state index in [0.29, 0.717) is 16.2 Å². The van der Waals surface area contributed by atoms with E-state index in [1.807, 2.05) is 37.3 Å². The molecule has 5 nitrogen and oxygen atoms in total. The van der Waals surface area contributed by atoms with Crippen LogP contribution in [0.1, 0.15) is 35.8 Å². The molecular weight excluding hydrogens is 364 g/mol. The second-order valence-electron chi connectivity index (χ2n) is 6.23. The lowest BCUT2D eigenvalue weighted by Gasteiger charge is -2.18. The first-order valence-electron chi connectivity index (χ1n) is 8.56. The lowest BCUT2D eigenvalue weighted by Crippen LogP contribution is -2.37. The lowest BCUT2D eigenvalue weighted by molar-refractivity contribution is -0.129. The van der Waals surface area contributed by atoms with Crippen molar-refractivity contribution in [2.45, 2.75) is 26.0 Å². The Morgan fingerprint density at radius 2 is 1.78 bits per heavy atom. The molecule has 6 heteroatoms. The third-order valence-corrected chi connectivity index (χ3v) is 4.41. The molecule has 1 N–H and O–H groups in total. The Bertz CT molecular complexity index is 976. The standard InChI is InChI=1S/C21H19ClN2O3/c1-13(15-6-4-3-5-7-15)23-20(25)14(2)27-21(26)17-8-10-18-16(12-17)9-11-19(22)24-18/h3-14H,1-2H3,(H,23,25). The highest BCUT2D eigenvalue weighted by molar-refractivity contribution is 6.29. The van der Waals surface area contributed by atoms with Gasteiger partial charge in [-0.1, -0.05) is 41.9 Å². The van der Waals surface area contributed by atoms with E-state index in [1.165, 1.54) is 0 Å². The van der Waals surface area contributed by atoms with Crippen molar-refractivity contribution in [3.63, 3.8) is 0 Å². The maximum absolute atomic E-state index is 12.4.